The molecule has 2 N–H and O–H groups in total. The molecule has 1 atom stereocenters. The van der Waals surface area contributed by atoms with E-state index in [9.17, 15) is 9.18 Å². The fourth-order valence-electron chi connectivity index (χ4n) is 2.56. The fraction of sp³-hybridized carbons (Fsp3) is 0.0556. The molecule has 0 aliphatic carbocycles. The van der Waals surface area contributed by atoms with E-state index in [1.807, 2.05) is 0 Å². The van der Waals surface area contributed by atoms with Crippen LogP contribution in [0.4, 0.5) is 4.39 Å². The maximum atomic E-state index is 14.1. The number of nitrogens with zero attached hydrogens (tertiary/aromatic N) is 2. The summed E-state index contributed by atoms with van der Waals surface area (Å²) in [5.41, 5.74) is 4.07. The SMILES string of the molecule is O=C(NO)C(c1ccc(-c2cncnc2)cc1)c1ccccc1F. The second-order valence-corrected chi connectivity index (χ2v) is 5.18. The van der Waals surface area contributed by atoms with Crippen molar-refractivity contribution in [2.75, 3.05) is 0 Å². The van der Waals surface area contributed by atoms with E-state index < -0.39 is 17.6 Å². The Morgan fingerprint density at radius 3 is 2.29 bits per heavy atom. The van der Waals surface area contributed by atoms with E-state index in [2.05, 4.69) is 9.97 Å². The number of hydrogen-bond acceptors (Lipinski definition) is 4. The molecule has 1 aromatic heterocycles. The number of amides is 1. The minimum atomic E-state index is -0.947. The molecule has 5 nitrogen and oxygen atoms in total. The lowest BCUT2D eigenvalue weighted by Crippen LogP contribution is -2.27. The zero-order valence-electron chi connectivity index (χ0n) is 12.6. The number of rotatable bonds is 4. The molecule has 0 fully saturated rings. The van der Waals surface area contributed by atoms with Crippen molar-refractivity contribution in [2.24, 2.45) is 0 Å². The van der Waals surface area contributed by atoms with Crippen molar-refractivity contribution in [3.8, 4) is 11.1 Å². The van der Waals surface area contributed by atoms with E-state index >= 15 is 0 Å². The van der Waals surface area contributed by atoms with Crippen molar-refractivity contribution in [3.63, 3.8) is 0 Å². The number of aromatic nitrogens is 2. The van der Waals surface area contributed by atoms with Crippen molar-refractivity contribution in [1.29, 1.82) is 0 Å². The number of halogens is 1. The van der Waals surface area contributed by atoms with Crippen LogP contribution >= 0.6 is 0 Å². The van der Waals surface area contributed by atoms with Crippen LogP contribution in [0.15, 0.2) is 67.3 Å². The van der Waals surface area contributed by atoms with Crippen LogP contribution in [-0.4, -0.2) is 21.1 Å². The molecule has 2 aromatic carbocycles. The van der Waals surface area contributed by atoms with Gasteiger partial charge in [0.1, 0.15) is 12.1 Å². The first-order chi connectivity index (χ1) is 11.7. The lowest BCUT2D eigenvalue weighted by atomic mass is 9.89. The highest BCUT2D eigenvalue weighted by molar-refractivity contribution is 5.86. The van der Waals surface area contributed by atoms with Crippen molar-refractivity contribution in [2.45, 2.75) is 5.92 Å². The number of nitrogens with one attached hydrogen (secondary N) is 1. The standard InChI is InChI=1S/C18H14FN3O2/c19-16-4-2-1-3-15(16)17(18(23)22-24)13-7-5-12(6-8-13)14-9-20-11-21-10-14/h1-11,17,24H,(H,22,23). The molecule has 1 unspecified atom stereocenters. The van der Waals surface area contributed by atoms with Gasteiger partial charge >= 0.3 is 0 Å². The summed E-state index contributed by atoms with van der Waals surface area (Å²) >= 11 is 0. The Bertz CT molecular complexity index is 838. The predicted octanol–water partition coefficient (Wildman–Crippen LogP) is 2.92. The topological polar surface area (TPSA) is 75.1 Å². The summed E-state index contributed by atoms with van der Waals surface area (Å²) < 4.78 is 14.1. The molecular formula is C18H14FN3O2. The van der Waals surface area contributed by atoms with Crippen LogP contribution in [0.5, 0.6) is 0 Å². The van der Waals surface area contributed by atoms with Gasteiger partial charge in [-0.2, -0.15) is 0 Å². The van der Waals surface area contributed by atoms with Gasteiger partial charge in [0, 0.05) is 23.5 Å². The number of hydroxylamine groups is 1. The maximum absolute atomic E-state index is 14.1. The zero-order chi connectivity index (χ0) is 16.9. The minimum Gasteiger partial charge on any atom is -0.289 e. The van der Waals surface area contributed by atoms with Gasteiger partial charge in [0.15, 0.2) is 0 Å². The first kappa shape index (κ1) is 15.8. The van der Waals surface area contributed by atoms with E-state index in [-0.39, 0.29) is 5.56 Å². The molecule has 0 aliphatic heterocycles. The molecule has 120 valence electrons. The molecule has 0 saturated heterocycles. The monoisotopic (exact) mass is 323 g/mol. The molecule has 6 heteroatoms. The molecule has 1 amide bonds. The van der Waals surface area contributed by atoms with E-state index in [0.29, 0.717) is 5.56 Å². The van der Waals surface area contributed by atoms with Gasteiger partial charge in [-0.25, -0.2) is 19.8 Å². The molecule has 1 heterocycles. The summed E-state index contributed by atoms with van der Waals surface area (Å²) in [5.74, 6) is -2.15. The first-order valence-corrected chi connectivity index (χ1v) is 7.24. The molecule has 0 spiro atoms. The van der Waals surface area contributed by atoms with E-state index in [4.69, 9.17) is 5.21 Å². The molecule has 0 saturated carbocycles. The van der Waals surface area contributed by atoms with Crippen LogP contribution in [0.2, 0.25) is 0 Å². The lowest BCUT2D eigenvalue weighted by Gasteiger charge is -2.17. The maximum Gasteiger partial charge on any atom is 0.255 e. The van der Waals surface area contributed by atoms with Crippen LogP contribution in [-0.2, 0) is 4.79 Å². The third-order valence-corrected chi connectivity index (χ3v) is 3.73. The van der Waals surface area contributed by atoms with Gasteiger partial charge in [0.05, 0.1) is 5.92 Å². The number of carbonyl (C=O) groups excluding carboxylic acids is 1. The number of hydrogen-bond donors (Lipinski definition) is 2. The molecule has 0 bridgehead atoms. The van der Waals surface area contributed by atoms with Crippen LogP contribution in [0, 0.1) is 5.82 Å². The summed E-state index contributed by atoms with van der Waals surface area (Å²) in [6, 6.07) is 13.0. The number of benzene rings is 2. The van der Waals surface area contributed by atoms with Crippen molar-refractivity contribution < 1.29 is 14.4 Å². The minimum absolute atomic E-state index is 0.194. The van der Waals surface area contributed by atoms with E-state index in [1.165, 1.54) is 18.5 Å². The highest BCUT2D eigenvalue weighted by Gasteiger charge is 2.25. The largest absolute Gasteiger partial charge is 0.289 e. The molecular weight excluding hydrogens is 309 g/mol. The van der Waals surface area contributed by atoms with Crippen molar-refractivity contribution in [1.82, 2.24) is 15.4 Å². The Morgan fingerprint density at radius 2 is 1.67 bits per heavy atom. The summed E-state index contributed by atoms with van der Waals surface area (Å²) in [6.45, 7) is 0. The summed E-state index contributed by atoms with van der Waals surface area (Å²) in [4.78, 5) is 20.0. The Hall–Kier alpha value is -3.12. The highest BCUT2D eigenvalue weighted by Crippen LogP contribution is 2.29. The Kier molecular flexibility index (Phi) is 4.58. The number of carbonyl (C=O) groups is 1. The van der Waals surface area contributed by atoms with Gasteiger partial charge in [0.25, 0.3) is 5.91 Å². The molecule has 24 heavy (non-hydrogen) atoms. The fourth-order valence-corrected chi connectivity index (χ4v) is 2.56. The predicted molar refractivity (Wildman–Crippen MR) is 85.6 cm³/mol. The Morgan fingerprint density at radius 1 is 1.00 bits per heavy atom. The van der Waals surface area contributed by atoms with E-state index in [1.54, 1.807) is 54.3 Å². The van der Waals surface area contributed by atoms with Gasteiger partial charge in [0.2, 0.25) is 0 Å². The van der Waals surface area contributed by atoms with Crippen molar-refractivity contribution >= 4 is 5.91 Å². The average Bonchev–Trinajstić information content (AvgIpc) is 2.64. The molecule has 0 aliphatic rings. The zero-order valence-corrected chi connectivity index (χ0v) is 12.6. The van der Waals surface area contributed by atoms with Gasteiger partial charge in [-0.3, -0.25) is 10.0 Å². The third-order valence-electron chi connectivity index (χ3n) is 3.73. The van der Waals surface area contributed by atoms with Gasteiger partial charge in [-0.05, 0) is 17.2 Å². The second kappa shape index (κ2) is 6.97. The Balaban J connectivity index is 2.00. The lowest BCUT2D eigenvalue weighted by molar-refractivity contribution is -0.129. The average molecular weight is 323 g/mol. The van der Waals surface area contributed by atoms with E-state index in [0.717, 1.165) is 11.1 Å². The second-order valence-electron chi connectivity index (χ2n) is 5.18. The van der Waals surface area contributed by atoms with Gasteiger partial charge in [-0.1, -0.05) is 42.5 Å². The van der Waals surface area contributed by atoms with Crippen molar-refractivity contribution in [3.05, 3.63) is 84.2 Å². The summed E-state index contributed by atoms with van der Waals surface area (Å²) in [5, 5.41) is 9.01. The van der Waals surface area contributed by atoms with Crippen LogP contribution < -0.4 is 5.48 Å². The van der Waals surface area contributed by atoms with Gasteiger partial charge < -0.3 is 0 Å². The highest BCUT2D eigenvalue weighted by atomic mass is 19.1. The normalized spacial score (nSPS) is 11.8. The van der Waals surface area contributed by atoms with Crippen LogP contribution in [0.1, 0.15) is 17.0 Å². The Labute approximate surface area is 137 Å². The molecule has 3 rings (SSSR count). The summed E-state index contributed by atoms with van der Waals surface area (Å²) in [7, 11) is 0. The molecule has 0 radical (unpaired) electrons. The smallest absolute Gasteiger partial charge is 0.255 e. The van der Waals surface area contributed by atoms with Gasteiger partial charge in [-0.15, -0.1) is 0 Å². The summed E-state index contributed by atoms with van der Waals surface area (Å²) in [6.07, 6.45) is 4.80. The quantitative estimate of drug-likeness (QED) is 0.572. The third kappa shape index (κ3) is 3.13. The first-order valence-electron chi connectivity index (χ1n) is 7.24. The van der Waals surface area contributed by atoms with Crippen LogP contribution in [0.25, 0.3) is 11.1 Å². The molecule has 3 aromatic rings. The van der Waals surface area contributed by atoms with Crippen LogP contribution in [0.3, 0.4) is 0 Å².